The summed E-state index contributed by atoms with van der Waals surface area (Å²) in [5.41, 5.74) is 0.593. The van der Waals surface area contributed by atoms with Crippen LogP contribution >= 0.6 is 11.6 Å². The summed E-state index contributed by atoms with van der Waals surface area (Å²) in [6, 6.07) is 4.41. The molecule has 0 N–H and O–H groups in total. The van der Waals surface area contributed by atoms with Gasteiger partial charge in [-0.1, -0.05) is 11.6 Å². The van der Waals surface area contributed by atoms with Gasteiger partial charge in [-0.05, 0) is 18.2 Å². The zero-order valence-corrected chi connectivity index (χ0v) is 7.18. The highest BCUT2D eigenvalue weighted by Gasteiger charge is 2.05. The summed E-state index contributed by atoms with van der Waals surface area (Å²) in [4.78, 5) is 3.60. The standard InChI is InChI=1S/C9H4ClFNO/c10-7-2-1-6(3-8(7)11)9-4-12-5-13-9/h1-4H. The van der Waals surface area contributed by atoms with Gasteiger partial charge in [-0.2, -0.15) is 0 Å². The molecule has 0 atom stereocenters. The minimum atomic E-state index is -0.476. The Morgan fingerprint density at radius 2 is 2.31 bits per heavy atom. The predicted molar refractivity (Wildman–Crippen MR) is 45.7 cm³/mol. The maximum absolute atomic E-state index is 13.0. The SMILES string of the molecule is Fc1cc(-c2cn[c]o2)ccc1Cl. The van der Waals surface area contributed by atoms with Gasteiger partial charge in [-0.3, -0.25) is 0 Å². The lowest BCUT2D eigenvalue weighted by Crippen LogP contribution is -1.79. The van der Waals surface area contributed by atoms with Crippen LogP contribution in [0.5, 0.6) is 0 Å². The Bertz CT molecular complexity index is 414. The molecule has 13 heavy (non-hydrogen) atoms. The molecule has 0 saturated carbocycles. The summed E-state index contributed by atoms with van der Waals surface area (Å²) in [5.74, 6) is -0.00821. The molecule has 0 unspecified atom stereocenters. The zero-order chi connectivity index (χ0) is 9.26. The summed E-state index contributed by atoms with van der Waals surface area (Å²) in [6.07, 6.45) is 3.74. The van der Waals surface area contributed by atoms with Crippen LogP contribution in [0.2, 0.25) is 5.02 Å². The average molecular weight is 197 g/mol. The highest BCUT2D eigenvalue weighted by molar-refractivity contribution is 6.30. The van der Waals surface area contributed by atoms with Gasteiger partial charge in [0.2, 0.25) is 0 Å². The lowest BCUT2D eigenvalue weighted by molar-refractivity contribution is 0.560. The summed E-state index contributed by atoms with van der Waals surface area (Å²) in [6.45, 7) is 0. The fourth-order valence-electron chi connectivity index (χ4n) is 0.970. The first-order valence-electron chi connectivity index (χ1n) is 3.54. The number of halogens is 2. The third-order valence-corrected chi connectivity index (χ3v) is 1.90. The molecule has 0 amide bonds. The molecule has 65 valence electrons. The second-order valence-electron chi connectivity index (χ2n) is 2.44. The van der Waals surface area contributed by atoms with Crippen LogP contribution in [0.3, 0.4) is 0 Å². The topological polar surface area (TPSA) is 26.0 Å². The van der Waals surface area contributed by atoms with E-state index in [-0.39, 0.29) is 5.02 Å². The molecule has 2 nitrogen and oxygen atoms in total. The minimum Gasteiger partial charge on any atom is -0.432 e. The summed E-state index contributed by atoms with van der Waals surface area (Å²) >= 11 is 5.51. The van der Waals surface area contributed by atoms with E-state index in [9.17, 15) is 4.39 Å². The van der Waals surface area contributed by atoms with Crippen molar-refractivity contribution in [3.05, 3.63) is 41.6 Å². The highest BCUT2D eigenvalue weighted by atomic mass is 35.5. The molecule has 0 aliphatic heterocycles. The molecular formula is C9H4ClFNO. The Labute approximate surface area is 79.0 Å². The first kappa shape index (κ1) is 8.26. The third-order valence-electron chi connectivity index (χ3n) is 1.59. The van der Waals surface area contributed by atoms with Crippen LogP contribution in [-0.4, -0.2) is 4.98 Å². The lowest BCUT2D eigenvalue weighted by Gasteiger charge is -1.97. The molecule has 0 aliphatic carbocycles. The van der Waals surface area contributed by atoms with Gasteiger partial charge in [0.25, 0.3) is 6.39 Å². The first-order valence-corrected chi connectivity index (χ1v) is 3.92. The number of nitrogens with zero attached hydrogens (tertiary/aromatic N) is 1. The summed E-state index contributed by atoms with van der Waals surface area (Å²) in [5, 5.41) is 0.0900. The summed E-state index contributed by atoms with van der Waals surface area (Å²) in [7, 11) is 0. The first-order chi connectivity index (χ1) is 6.27. The van der Waals surface area contributed by atoms with E-state index in [1.807, 2.05) is 0 Å². The van der Waals surface area contributed by atoms with Crippen molar-refractivity contribution < 1.29 is 8.81 Å². The molecule has 1 heterocycles. The second-order valence-corrected chi connectivity index (χ2v) is 2.85. The van der Waals surface area contributed by atoms with Crippen LogP contribution < -0.4 is 0 Å². The van der Waals surface area contributed by atoms with E-state index in [4.69, 9.17) is 16.0 Å². The van der Waals surface area contributed by atoms with Gasteiger partial charge in [0.1, 0.15) is 5.82 Å². The van der Waals surface area contributed by atoms with Crippen LogP contribution in [-0.2, 0) is 0 Å². The smallest absolute Gasteiger partial charge is 0.284 e. The van der Waals surface area contributed by atoms with E-state index < -0.39 is 5.82 Å². The molecule has 0 saturated heterocycles. The third kappa shape index (κ3) is 1.55. The Kier molecular flexibility index (Phi) is 2.02. The molecule has 1 aromatic carbocycles. The molecule has 1 radical (unpaired) electrons. The lowest BCUT2D eigenvalue weighted by atomic mass is 10.2. The highest BCUT2D eigenvalue weighted by Crippen LogP contribution is 2.23. The molecule has 0 spiro atoms. The number of rotatable bonds is 1. The van der Waals surface area contributed by atoms with Gasteiger partial charge < -0.3 is 4.42 Å². The zero-order valence-electron chi connectivity index (χ0n) is 6.42. The molecular weight excluding hydrogens is 193 g/mol. The fraction of sp³-hybridized carbons (Fsp3) is 0. The minimum absolute atomic E-state index is 0.0900. The van der Waals surface area contributed by atoms with Gasteiger partial charge in [0, 0.05) is 5.56 Å². The predicted octanol–water partition coefficient (Wildman–Crippen LogP) is 2.93. The van der Waals surface area contributed by atoms with Crippen LogP contribution in [0.15, 0.2) is 28.8 Å². The van der Waals surface area contributed by atoms with E-state index in [0.29, 0.717) is 11.3 Å². The van der Waals surface area contributed by atoms with E-state index in [2.05, 4.69) is 11.4 Å². The molecule has 0 fully saturated rings. The quantitative estimate of drug-likeness (QED) is 0.701. The molecule has 1 aromatic heterocycles. The van der Waals surface area contributed by atoms with Crippen molar-refractivity contribution >= 4 is 11.6 Å². The number of oxazole rings is 1. The average Bonchev–Trinajstić information content (AvgIpc) is 2.62. The van der Waals surface area contributed by atoms with Crippen molar-refractivity contribution in [2.75, 3.05) is 0 Å². The maximum atomic E-state index is 13.0. The van der Waals surface area contributed by atoms with Crippen LogP contribution in [0.25, 0.3) is 11.3 Å². The van der Waals surface area contributed by atoms with Crippen molar-refractivity contribution in [1.82, 2.24) is 4.98 Å². The van der Waals surface area contributed by atoms with Crippen LogP contribution in [0.1, 0.15) is 0 Å². The van der Waals surface area contributed by atoms with Crippen LogP contribution in [0.4, 0.5) is 4.39 Å². The van der Waals surface area contributed by atoms with Crippen molar-refractivity contribution in [3.8, 4) is 11.3 Å². The van der Waals surface area contributed by atoms with Gasteiger partial charge in [-0.15, -0.1) is 0 Å². The monoisotopic (exact) mass is 196 g/mol. The fourth-order valence-corrected chi connectivity index (χ4v) is 1.09. The van der Waals surface area contributed by atoms with Gasteiger partial charge >= 0.3 is 0 Å². The summed E-state index contributed by atoms with van der Waals surface area (Å²) < 4.78 is 17.8. The van der Waals surface area contributed by atoms with Crippen molar-refractivity contribution in [3.63, 3.8) is 0 Å². The van der Waals surface area contributed by atoms with Crippen molar-refractivity contribution in [2.45, 2.75) is 0 Å². The van der Waals surface area contributed by atoms with Gasteiger partial charge in [0.15, 0.2) is 5.76 Å². The van der Waals surface area contributed by atoms with Gasteiger partial charge in [-0.25, -0.2) is 9.37 Å². The molecule has 2 rings (SSSR count). The Morgan fingerprint density at radius 3 is 2.92 bits per heavy atom. The van der Waals surface area contributed by atoms with Crippen LogP contribution in [0, 0.1) is 12.2 Å². The normalized spacial score (nSPS) is 10.3. The maximum Gasteiger partial charge on any atom is 0.284 e. The molecule has 2 aromatic rings. The largest absolute Gasteiger partial charge is 0.432 e. The molecule has 4 heteroatoms. The van der Waals surface area contributed by atoms with E-state index in [0.717, 1.165) is 0 Å². The second kappa shape index (κ2) is 3.18. The number of hydrogen-bond donors (Lipinski definition) is 0. The Morgan fingerprint density at radius 1 is 1.46 bits per heavy atom. The van der Waals surface area contributed by atoms with E-state index >= 15 is 0 Å². The Hall–Kier alpha value is -1.35. The van der Waals surface area contributed by atoms with E-state index in [1.54, 1.807) is 6.07 Å². The number of hydrogen-bond acceptors (Lipinski definition) is 2. The molecule has 0 aliphatic rings. The Balaban J connectivity index is 2.49. The van der Waals surface area contributed by atoms with E-state index in [1.165, 1.54) is 18.3 Å². The van der Waals surface area contributed by atoms with Crippen molar-refractivity contribution in [1.29, 1.82) is 0 Å². The number of benzene rings is 1. The van der Waals surface area contributed by atoms with Crippen molar-refractivity contribution in [2.24, 2.45) is 0 Å². The van der Waals surface area contributed by atoms with Gasteiger partial charge in [0.05, 0.1) is 11.2 Å². The molecule has 0 bridgehead atoms. The number of aromatic nitrogens is 1.